The van der Waals surface area contributed by atoms with E-state index in [9.17, 15) is 23.6 Å². The highest BCUT2D eigenvalue weighted by molar-refractivity contribution is 6.22. The van der Waals surface area contributed by atoms with Crippen LogP contribution in [0.25, 0.3) is 0 Å². The number of urea groups is 1. The van der Waals surface area contributed by atoms with E-state index >= 15 is 0 Å². The molecule has 184 valence electrons. The number of aromatic nitrogens is 1. The van der Waals surface area contributed by atoms with Gasteiger partial charge < -0.3 is 15.0 Å². The number of hydrogen-bond acceptors (Lipinski definition) is 6. The summed E-state index contributed by atoms with van der Waals surface area (Å²) in [5.74, 6) is -2.18. The molecule has 3 aromatic rings. The molecule has 1 unspecified atom stereocenters. The van der Waals surface area contributed by atoms with E-state index < -0.39 is 35.7 Å². The van der Waals surface area contributed by atoms with Gasteiger partial charge in [0.05, 0.1) is 36.5 Å². The molecule has 4 amide bonds. The number of nitrogens with zero attached hydrogens (tertiary/aromatic N) is 3. The van der Waals surface area contributed by atoms with E-state index in [4.69, 9.17) is 4.74 Å². The molecular weight excluding hydrogens is 467 g/mol. The van der Waals surface area contributed by atoms with Crippen molar-refractivity contribution in [3.05, 3.63) is 90.0 Å². The highest BCUT2D eigenvalue weighted by Gasteiger charge is 2.46. The maximum atomic E-state index is 13.4. The Kier molecular flexibility index (Phi) is 7.33. The lowest BCUT2D eigenvalue weighted by atomic mass is 10.1. The van der Waals surface area contributed by atoms with E-state index in [-0.39, 0.29) is 30.8 Å². The first-order valence-electron chi connectivity index (χ1n) is 11.2. The zero-order valence-corrected chi connectivity index (χ0v) is 19.4. The minimum atomic E-state index is -1.11. The van der Waals surface area contributed by atoms with E-state index in [0.717, 1.165) is 17.0 Å². The predicted octanol–water partition coefficient (Wildman–Crippen LogP) is 3.76. The number of anilines is 2. The standard InChI is InChI=1S/C26H23FN4O5/c1-2-36-25(34)17-6-5-8-19(14-17)29-23(32)15-22-24(33)31(21-11-9-18(27)10-12-21)26(35)30(22)16-20-7-3-4-13-28-20/h3-14,22H,2,15-16H2,1H3,(H,29,32). The average Bonchev–Trinajstić information content (AvgIpc) is 3.09. The Morgan fingerprint density at radius 1 is 1.06 bits per heavy atom. The lowest BCUT2D eigenvalue weighted by molar-refractivity contribution is -0.124. The van der Waals surface area contributed by atoms with Crippen molar-refractivity contribution < 1.29 is 28.3 Å². The lowest BCUT2D eigenvalue weighted by Gasteiger charge is -2.21. The third-order valence-electron chi connectivity index (χ3n) is 5.50. The van der Waals surface area contributed by atoms with Crippen LogP contribution in [0, 0.1) is 5.82 Å². The van der Waals surface area contributed by atoms with Crippen LogP contribution in [0.5, 0.6) is 0 Å². The number of pyridine rings is 1. The number of carbonyl (C=O) groups is 4. The number of benzene rings is 2. The number of carbonyl (C=O) groups excluding carboxylic acids is 4. The maximum absolute atomic E-state index is 13.4. The molecule has 0 bridgehead atoms. The molecule has 1 aliphatic heterocycles. The number of imide groups is 1. The van der Waals surface area contributed by atoms with Gasteiger partial charge in [0.25, 0.3) is 5.91 Å². The van der Waals surface area contributed by atoms with Gasteiger partial charge in [-0.05, 0) is 61.5 Å². The van der Waals surface area contributed by atoms with Crippen molar-refractivity contribution in [2.24, 2.45) is 0 Å². The Labute approximate surface area is 206 Å². The topological polar surface area (TPSA) is 109 Å². The molecule has 1 atom stereocenters. The van der Waals surface area contributed by atoms with Gasteiger partial charge in [-0.3, -0.25) is 14.6 Å². The number of halogens is 1. The van der Waals surface area contributed by atoms with Crippen LogP contribution in [0.15, 0.2) is 72.9 Å². The molecule has 1 fully saturated rings. The molecule has 2 heterocycles. The van der Waals surface area contributed by atoms with Crippen molar-refractivity contribution in [3.8, 4) is 0 Å². The summed E-state index contributed by atoms with van der Waals surface area (Å²) >= 11 is 0. The predicted molar refractivity (Wildman–Crippen MR) is 128 cm³/mol. The SMILES string of the molecule is CCOC(=O)c1cccc(NC(=O)CC2C(=O)N(c3ccc(F)cc3)C(=O)N2Cc2ccccn2)c1. The Hall–Kier alpha value is -4.60. The second-order valence-electron chi connectivity index (χ2n) is 7.95. The molecule has 0 saturated carbocycles. The molecule has 2 aromatic carbocycles. The second-order valence-corrected chi connectivity index (χ2v) is 7.95. The van der Waals surface area contributed by atoms with Crippen LogP contribution in [0.1, 0.15) is 29.4 Å². The van der Waals surface area contributed by atoms with Gasteiger partial charge in [0, 0.05) is 11.9 Å². The quantitative estimate of drug-likeness (QED) is 0.380. The minimum absolute atomic E-state index is 0.000597. The van der Waals surface area contributed by atoms with Crippen molar-refractivity contribution in [1.29, 1.82) is 0 Å². The van der Waals surface area contributed by atoms with Crippen LogP contribution < -0.4 is 10.2 Å². The van der Waals surface area contributed by atoms with Crippen LogP contribution in [-0.4, -0.2) is 46.3 Å². The molecule has 1 saturated heterocycles. The first-order valence-corrected chi connectivity index (χ1v) is 11.2. The number of amides is 4. The van der Waals surface area contributed by atoms with Gasteiger partial charge in [0.15, 0.2) is 0 Å². The number of ether oxygens (including phenoxy) is 1. The number of esters is 1. The van der Waals surface area contributed by atoms with Crippen molar-refractivity contribution in [2.45, 2.75) is 25.9 Å². The Morgan fingerprint density at radius 3 is 2.53 bits per heavy atom. The van der Waals surface area contributed by atoms with E-state index in [1.165, 1.54) is 23.1 Å². The van der Waals surface area contributed by atoms with Crippen molar-refractivity contribution >= 4 is 35.2 Å². The number of rotatable bonds is 8. The fraction of sp³-hybridized carbons (Fsp3) is 0.192. The van der Waals surface area contributed by atoms with Crippen molar-refractivity contribution in [1.82, 2.24) is 9.88 Å². The average molecular weight is 490 g/mol. The fourth-order valence-electron chi connectivity index (χ4n) is 3.83. The van der Waals surface area contributed by atoms with Gasteiger partial charge >= 0.3 is 12.0 Å². The summed E-state index contributed by atoms with van der Waals surface area (Å²) < 4.78 is 18.4. The molecule has 1 N–H and O–H groups in total. The molecule has 36 heavy (non-hydrogen) atoms. The third kappa shape index (κ3) is 5.38. The fourth-order valence-corrected chi connectivity index (χ4v) is 3.83. The van der Waals surface area contributed by atoms with E-state index in [1.54, 1.807) is 49.5 Å². The lowest BCUT2D eigenvalue weighted by Crippen LogP contribution is -2.37. The first kappa shape index (κ1) is 24.5. The minimum Gasteiger partial charge on any atom is -0.462 e. The van der Waals surface area contributed by atoms with E-state index in [0.29, 0.717) is 11.4 Å². The summed E-state index contributed by atoms with van der Waals surface area (Å²) in [4.78, 5) is 57.9. The normalized spacial score (nSPS) is 15.2. The van der Waals surface area contributed by atoms with Crippen LogP contribution in [0.4, 0.5) is 20.6 Å². The summed E-state index contributed by atoms with van der Waals surface area (Å²) in [5, 5.41) is 2.67. The molecule has 9 nitrogen and oxygen atoms in total. The molecule has 0 aliphatic carbocycles. The van der Waals surface area contributed by atoms with Gasteiger partial charge in [-0.1, -0.05) is 12.1 Å². The van der Waals surface area contributed by atoms with Crippen LogP contribution in [0.2, 0.25) is 0 Å². The molecule has 4 rings (SSSR count). The zero-order valence-electron chi connectivity index (χ0n) is 19.4. The number of hydrogen-bond donors (Lipinski definition) is 1. The van der Waals surface area contributed by atoms with Gasteiger partial charge in [-0.15, -0.1) is 0 Å². The van der Waals surface area contributed by atoms with E-state index in [2.05, 4.69) is 10.3 Å². The van der Waals surface area contributed by atoms with Gasteiger partial charge in [-0.2, -0.15) is 0 Å². The molecule has 0 spiro atoms. The molecule has 0 radical (unpaired) electrons. The Morgan fingerprint density at radius 2 is 1.83 bits per heavy atom. The molecular formula is C26H23FN4O5. The highest BCUT2D eigenvalue weighted by Crippen LogP contribution is 2.28. The second kappa shape index (κ2) is 10.8. The highest BCUT2D eigenvalue weighted by atomic mass is 19.1. The summed E-state index contributed by atoms with van der Waals surface area (Å²) in [6.07, 6.45) is 1.23. The van der Waals surface area contributed by atoms with Crippen molar-refractivity contribution in [2.75, 3.05) is 16.8 Å². The van der Waals surface area contributed by atoms with Gasteiger partial charge in [0.2, 0.25) is 5.91 Å². The van der Waals surface area contributed by atoms with Gasteiger partial charge in [0.1, 0.15) is 11.9 Å². The first-order chi connectivity index (χ1) is 17.4. The molecule has 10 heteroatoms. The number of nitrogens with one attached hydrogen (secondary N) is 1. The maximum Gasteiger partial charge on any atom is 0.338 e. The summed E-state index contributed by atoms with van der Waals surface area (Å²) in [5.41, 5.74) is 1.34. The van der Waals surface area contributed by atoms with Crippen LogP contribution >= 0.6 is 0 Å². The third-order valence-corrected chi connectivity index (χ3v) is 5.50. The zero-order chi connectivity index (χ0) is 25.7. The van der Waals surface area contributed by atoms with Crippen molar-refractivity contribution in [3.63, 3.8) is 0 Å². The molecule has 1 aromatic heterocycles. The summed E-state index contributed by atoms with van der Waals surface area (Å²) in [7, 11) is 0. The van der Waals surface area contributed by atoms with Gasteiger partial charge in [-0.25, -0.2) is 18.9 Å². The smallest absolute Gasteiger partial charge is 0.338 e. The molecule has 1 aliphatic rings. The Balaban J connectivity index is 1.56. The Bertz CT molecular complexity index is 1280. The largest absolute Gasteiger partial charge is 0.462 e. The summed E-state index contributed by atoms with van der Waals surface area (Å²) in [6.45, 7) is 1.90. The van der Waals surface area contributed by atoms with E-state index in [1.807, 2.05) is 0 Å². The summed E-state index contributed by atoms with van der Waals surface area (Å²) in [6, 6.07) is 14.6. The monoisotopic (exact) mass is 490 g/mol. The van der Waals surface area contributed by atoms with Crippen LogP contribution in [0.3, 0.4) is 0 Å². The van der Waals surface area contributed by atoms with Crippen LogP contribution in [-0.2, 0) is 20.9 Å².